The van der Waals surface area contributed by atoms with Crippen molar-refractivity contribution in [3.8, 4) is 0 Å². The fourth-order valence-corrected chi connectivity index (χ4v) is 3.69. The highest BCUT2D eigenvalue weighted by atomic mass is 32.2. The molecule has 1 saturated heterocycles. The van der Waals surface area contributed by atoms with Gasteiger partial charge in [-0.2, -0.15) is 0 Å². The standard InChI is InChI=1S/C17H24N4O4S/c1-3-18-16(22)12-19-8-10-20(11-9-19)17(23)13(2)26-15-6-4-14(5-7-15)21(24)25/h4-7,13H,3,8-12H2,1-2H3,(H,18,22). The Morgan fingerprint density at radius 1 is 1.23 bits per heavy atom. The van der Waals surface area contributed by atoms with Gasteiger partial charge in [-0.15, -0.1) is 11.8 Å². The van der Waals surface area contributed by atoms with Crippen molar-refractivity contribution in [1.82, 2.24) is 15.1 Å². The fraction of sp³-hybridized carbons (Fsp3) is 0.529. The summed E-state index contributed by atoms with van der Waals surface area (Å²) in [6.45, 7) is 7.27. The molecule has 1 unspecified atom stereocenters. The molecule has 142 valence electrons. The maximum absolute atomic E-state index is 12.6. The summed E-state index contributed by atoms with van der Waals surface area (Å²) in [5.41, 5.74) is 0.0385. The minimum Gasteiger partial charge on any atom is -0.355 e. The van der Waals surface area contributed by atoms with Crippen LogP contribution in [0.4, 0.5) is 5.69 Å². The van der Waals surface area contributed by atoms with Crippen LogP contribution in [0.1, 0.15) is 13.8 Å². The highest BCUT2D eigenvalue weighted by Gasteiger charge is 2.26. The van der Waals surface area contributed by atoms with E-state index in [4.69, 9.17) is 0 Å². The third-order valence-electron chi connectivity index (χ3n) is 4.13. The van der Waals surface area contributed by atoms with E-state index in [0.717, 1.165) is 4.90 Å². The van der Waals surface area contributed by atoms with E-state index < -0.39 is 4.92 Å². The van der Waals surface area contributed by atoms with Gasteiger partial charge in [-0.3, -0.25) is 24.6 Å². The number of carbonyl (C=O) groups excluding carboxylic acids is 2. The number of thioether (sulfide) groups is 1. The molecule has 1 aromatic carbocycles. The molecule has 0 saturated carbocycles. The van der Waals surface area contributed by atoms with Crippen molar-refractivity contribution in [2.75, 3.05) is 39.3 Å². The molecule has 1 atom stereocenters. The maximum Gasteiger partial charge on any atom is 0.269 e. The SMILES string of the molecule is CCNC(=O)CN1CCN(C(=O)C(C)Sc2ccc([N+](=O)[O-])cc2)CC1. The normalized spacial score (nSPS) is 16.2. The molecule has 1 heterocycles. The van der Waals surface area contributed by atoms with Gasteiger partial charge >= 0.3 is 0 Å². The van der Waals surface area contributed by atoms with Crippen molar-refractivity contribution in [2.24, 2.45) is 0 Å². The number of nitro benzene ring substituents is 1. The number of piperazine rings is 1. The predicted octanol–water partition coefficient (Wildman–Crippen LogP) is 1.36. The maximum atomic E-state index is 12.6. The van der Waals surface area contributed by atoms with Crippen molar-refractivity contribution in [2.45, 2.75) is 24.0 Å². The molecule has 0 aliphatic carbocycles. The van der Waals surface area contributed by atoms with Crippen LogP contribution >= 0.6 is 11.8 Å². The average Bonchev–Trinajstić information content (AvgIpc) is 2.62. The second-order valence-corrected chi connectivity index (χ2v) is 7.48. The quantitative estimate of drug-likeness (QED) is 0.436. The molecular formula is C17H24N4O4S. The topological polar surface area (TPSA) is 95.8 Å². The second kappa shape index (κ2) is 9.54. The van der Waals surface area contributed by atoms with Crippen molar-refractivity contribution < 1.29 is 14.5 Å². The first-order valence-corrected chi connectivity index (χ1v) is 9.47. The summed E-state index contributed by atoms with van der Waals surface area (Å²) < 4.78 is 0. The summed E-state index contributed by atoms with van der Waals surface area (Å²) in [7, 11) is 0. The Morgan fingerprint density at radius 3 is 2.38 bits per heavy atom. The van der Waals surface area contributed by atoms with E-state index >= 15 is 0 Å². The zero-order valence-electron chi connectivity index (χ0n) is 15.0. The first-order valence-electron chi connectivity index (χ1n) is 8.59. The summed E-state index contributed by atoms with van der Waals surface area (Å²) in [6, 6.07) is 6.22. The van der Waals surface area contributed by atoms with Crippen LogP contribution in [0.15, 0.2) is 29.2 Å². The minimum absolute atomic E-state index is 0.00868. The number of rotatable bonds is 7. The lowest BCUT2D eigenvalue weighted by Crippen LogP contribution is -2.52. The summed E-state index contributed by atoms with van der Waals surface area (Å²) in [6.07, 6.45) is 0. The number of nitrogens with one attached hydrogen (secondary N) is 1. The lowest BCUT2D eigenvalue weighted by atomic mass is 10.3. The van der Waals surface area contributed by atoms with Crippen molar-refractivity contribution >= 4 is 29.3 Å². The molecule has 2 amide bonds. The van der Waals surface area contributed by atoms with Gasteiger partial charge in [0.25, 0.3) is 5.69 Å². The molecule has 8 nitrogen and oxygen atoms in total. The van der Waals surface area contributed by atoms with Crippen molar-refractivity contribution in [3.63, 3.8) is 0 Å². The Labute approximate surface area is 157 Å². The number of amides is 2. The molecule has 1 N–H and O–H groups in total. The van der Waals surface area contributed by atoms with Gasteiger partial charge in [-0.1, -0.05) is 0 Å². The lowest BCUT2D eigenvalue weighted by Gasteiger charge is -2.35. The Kier molecular flexibility index (Phi) is 7.40. The Morgan fingerprint density at radius 2 is 1.85 bits per heavy atom. The largest absolute Gasteiger partial charge is 0.355 e. The van der Waals surface area contributed by atoms with E-state index in [0.29, 0.717) is 39.3 Å². The molecule has 1 aliphatic rings. The second-order valence-electron chi connectivity index (χ2n) is 6.07. The van der Waals surface area contributed by atoms with Gasteiger partial charge in [-0.05, 0) is 26.0 Å². The molecule has 1 aromatic rings. The fourth-order valence-electron chi connectivity index (χ4n) is 2.74. The van der Waals surface area contributed by atoms with E-state index in [9.17, 15) is 19.7 Å². The predicted molar refractivity (Wildman–Crippen MR) is 100 cm³/mol. The average molecular weight is 380 g/mol. The Hall–Kier alpha value is -2.13. The van der Waals surface area contributed by atoms with Gasteiger partial charge in [0.2, 0.25) is 11.8 Å². The molecule has 0 aromatic heterocycles. The van der Waals surface area contributed by atoms with Crippen LogP contribution in [0.25, 0.3) is 0 Å². The van der Waals surface area contributed by atoms with Crippen LogP contribution in [0, 0.1) is 10.1 Å². The molecule has 2 rings (SSSR count). The molecule has 0 spiro atoms. The lowest BCUT2D eigenvalue weighted by molar-refractivity contribution is -0.384. The molecule has 0 radical (unpaired) electrons. The number of carbonyl (C=O) groups is 2. The third kappa shape index (κ3) is 5.70. The molecule has 1 fully saturated rings. The van der Waals surface area contributed by atoms with E-state index in [2.05, 4.69) is 5.32 Å². The number of benzene rings is 1. The van der Waals surface area contributed by atoms with Gasteiger partial charge in [-0.25, -0.2) is 0 Å². The number of hydrogen-bond donors (Lipinski definition) is 1. The number of hydrogen-bond acceptors (Lipinski definition) is 6. The molecule has 9 heteroatoms. The first kappa shape index (κ1) is 20.2. The summed E-state index contributed by atoms with van der Waals surface area (Å²) in [5.74, 6) is 0.0559. The molecule has 1 aliphatic heterocycles. The monoisotopic (exact) mass is 380 g/mol. The van der Waals surface area contributed by atoms with E-state index in [-0.39, 0.29) is 22.8 Å². The number of nitro groups is 1. The number of likely N-dealkylation sites (N-methyl/N-ethyl adjacent to an activating group) is 1. The number of nitrogens with zero attached hydrogens (tertiary/aromatic N) is 3. The number of non-ortho nitro benzene ring substituents is 1. The highest BCUT2D eigenvalue weighted by molar-refractivity contribution is 8.00. The summed E-state index contributed by atoms with van der Waals surface area (Å²) >= 11 is 1.39. The third-order valence-corrected chi connectivity index (χ3v) is 5.23. The zero-order valence-corrected chi connectivity index (χ0v) is 15.8. The van der Waals surface area contributed by atoms with Gasteiger partial charge in [0, 0.05) is 49.8 Å². The van der Waals surface area contributed by atoms with E-state index in [1.54, 1.807) is 12.1 Å². The van der Waals surface area contributed by atoms with Gasteiger partial charge < -0.3 is 10.2 Å². The van der Waals surface area contributed by atoms with Gasteiger partial charge in [0.05, 0.1) is 16.7 Å². The van der Waals surface area contributed by atoms with Gasteiger partial charge in [0.15, 0.2) is 0 Å². The molecule has 0 bridgehead atoms. The van der Waals surface area contributed by atoms with Crippen LogP contribution < -0.4 is 5.32 Å². The Balaban J connectivity index is 1.81. The smallest absolute Gasteiger partial charge is 0.269 e. The zero-order chi connectivity index (χ0) is 19.1. The van der Waals surface area contributed by atoms with Crippen molar-refractivity contribution in [1.29, 1.82) is 0 Å². The van der Waals surface area contributed by atoms with Crippen LogP contribution in [-0.2, 0) is 9.59 Å². The molecular weight excluding hydrogens is 356 g/mol. The van der Waals surface area contributed by atoms with E-state index in [1.165, 1.54) is 23.9 Å². The first-order chi connectivity index (χ1) is 12.4. The molecule has 26 heavy (non-hydrogen) atoms. The van der Waals surface area contributed by atoms with Gasteiger partial charge in [0.1, 0.15) is 0 Å². The highest BCUT2D eigenvalue weighted by Crippen LogP contribution is 2.26. The Bertz CT molecular complexity index is 645. The van der Waals surface area contributed by atoms with E-state index in [1.807, 2.05) is 23.6 Å². The van der Waals surface area contributed by atoms with Crippen LogP contribution in [-0.4, -0.2) is 71.1 Å². The summed E-state index contributed by atoms with van der Waals surface area (Å²) in [4.78, 5) is 39.2. The minimum atomic E-state index is -0.441. The van der Waals surface area contributed by atoms with Crippen LogP contribution in [0.2, 0.25) is 0 Å². The summed E-state index contributed by atoms with van der Waals surface area (Å²) in [5, 5.41) is 13.2. The van der Waals surface area contributed by atoms with Crippen LogP contribution in [0.5, 0.6) is 0 Å². The van der Waals surface area contributed by atoms with Crippen molar-refractivity contribution in [3.05, 3.63) is 34.4 Å². The van der Waals surface area contributed by atoms with Crippen LogP contribution in [0.3, 0.4) is 0 Å².